The zero-order chi connectivity index (χ0) is 24.6. The van der Waals surface area contributed by atoms with E-state index in [2.05, 4.69) is 10.5 Å². The van der Waals surface area contributed by atoms with Crippen LogP contribution in [0.25, 0.3) is 11.3 Å². The molecule has 2 heterocycles. The van der Waals surface area contributed by atoms with Gasteiger partial charge in [-0.2, -0.15) is 4.31 Å². The van der Waals surface area contributed by atoms with Gasteiger partial charge in [-0.25, -0.2) is 8.42 Å². The van der Waals surface area contributed by atoms with Crippen molar-refractivity contribution in [2.24, 2.45) is 5.73 Å². The molecular weight excluding hydrogens is 482 g/mol. The maximum Gasteiger partial charge on any atom is 0.261 e. The SMILES string of the molecule is Cc1onc(-c2ccccc2Cl)c1C(=O)N1CCN(S(C)(=O)=O)C1C(=O)NC1CCC(N)CC1. The van der Waals surface area contributed by atoms with Crippen LogP contribution in [-0.4, -0.2) is 72.2 Å². The third-order valence-electron chi connectivity index (χ3n) is 6.37. The molecule has 2 aliphatic rings. The largest absolute Gasteiger partial charge is 0.360 e. The predicted octanol–water partition coefficient (Wildman–Crippen LogP) is 1.73. The number of hydrogen-bond donors (Lipinski definition) is 2. The van der Waals surface area contributed by atoms with E-state index in [9.17, 15) is 18.0 Å². The third-order valence-corrected chi connectivity index (χ3v) is 7.94. The fourth-order valence-corrected chi connectivity index (χ4v) is 5.79. The van der Waals surface area contributed by atoms with Crippen LogP contribution in [0.3, 0.4) is 0 Å². The lowest BCUT2D eigenvalue weighted by Gasteiger charge is -2.32. The average molecular weight is 510 g/mol. The number of carbonyl (C=O) groups is 2. The molecule has 0 radical (unpaired) electrons. The van der Waals surface area contributed by atoms with Gasteiger partial charge >= 0.3 is 0 Å². The molecule has 1 atom stereocenters. The molecule has 0 spiro atoms. The van der Waals surface area contributed by atoms with E-state index < -0.39 is 28.0 Å². The van der Waals surface area contributed by atoms with Gasteiger partial charge in [-0.05, 0) is 38.7 Å². The van der Waals surface area contributed by atoms with Crippen LogP contribution < -0.4 is 11.1 Å². The van der Waals surface area contributed by atoms with Crippen molar-refractivity contribution in [3.8, 4) is 11.3 Å². The number of aromatic nitrogens is 1. The van der Waals surface area contributed by atoms with Gasteiger partial charge in [0.25, 0.3) is 11.8 Å². The van der Waals surface area contributed by atoms with Gasteiger partial charge in [0.2, 0.25) is 10.0 Å². The summed E-state index contributed by atoms with van der Waals surface area (Å²) < 4.78 is 31.3. The zero-order valence-corrected chi connectivity index (χ0v) is 20.6. The fourth-order valence-electron chi connectivity index (χ4n) is 4.58. The van der Waals surface area contributed by atoms with Crippen LogP contribution in [-0.2, 0) is 14.8 Å². The lowest BCUT2D eigenvalue weighted by Crippen LogP contribution is -2.56. The van der Waals surface area contributed by atoms with Gasteiger partial charge < -0.3 is 20.5 Å². The minimum Gasteiger partial charge on any atom is -0.360 e. The number of nitrogens with zero attached hydrogens (tertiary/aromatic N) is 3. The summed E-state index contributed by atoms with van der Waals surface area (Å²) in [5.74, 6) is -0.839. The van der Waals surface area contributed by atoms with Gasteiger partial charge in [0.1, 0.15) is 17.0 Å². The number of sulfonamides is 1. The minimum atomic E-state index is -3.76. The molecule has 34 heavy (non-hydrogen) atoms. The van der Waals surface area contributed by atoms with Crippen molar-refractivity contribution in [2.75, 3.05) is 19.3 Å². The van der Waals surface area contributed by atoms with Crippen molar-refractivity contribution in [3.05, 3.63) is 40.6 Å². The van der Waals surface area contributed by atoms with Gasteiger partial charge in [-0.3, -0.25) is 9.59 Å². The number of hydrogen-bond acceptors (Lipinski definition) is 7. The van der Waals surface area contributed by atoms with E-state index >= 15 is 0 Å². The zero-order valence-electron chi connectivity index (χ0n) is 19.0. The van der Waals surface area contributed by atoms with E-state index in [-0.39, 0.29) is 42.2 Å². The summed E-state index contributed by atoms with van der Waals surface area (Å²) in [6.07, 6.45) is 2.67. The molecule has 1 unspecified atom stereocenters. The van der Waals surface area contributed by atoms with E-state index in [0.29, 0.717) is 23.4 Å². The molecule has 4 rings (SSSR count). The smallest absolute Gasteiger partial charge is 0.261 e. The number of benzene rings is 1. The van der Waals surface area contributed by atoms with Gasteiger partial charge in [0.15, 0.2) is 6.17 Å². The Morgan fingerprint density at radius 1 is 1.18 bits per heavy atom. The van der Waals surface area contributed by atoms with Crippen molar-refractivity contribution in [1.29, 1.82) is 0 Å². The molecule has 1 saturated heterocycles. The summed E-state index contributed by atoms with van der Waals surface area (Å²) in [6.45, 7) is 1.64. The number of amides is 2. The number of nitrogens with two attached hydrogens (primary N) is 1. The van der Waals surface area contributed by atoms with Crippen LogP contribution in [0.4, 0.5) is 0 Å². The molecule has 1 aromatic carbocycles. The Morgan fingerprint density at radius 3 is 2.50 bits per heavy atom. The van der Waals surface area contributed by atoms with Crippen LogP contribution in [0.15, 0.2) is 28.8 Å². The summed E-state index contributed by atoms with van der Waals surface area (Å²) >= 11 is 6.32. The molecule has 1 aliphatic carbocycles. The number of aryl methyl sites for hydroxylation is 1. The van der Waals surface area contributed by atoms with E-state index in [1.54, 1.807) is 31.2 Å². The first-order chi connectivity index (χ1) is 16.1. The number of rotatable bonds is 5. The second-order valence-electron chi connectivity index (χ2n) is 8.81. The minimum absolute atomic E-state index is 0.00392. The Morgan fingerprint density at radius 2 is 1.85 bits per heavy atom. The van der Waals surface area contributed by atoms with Crippen LogP contribution in [0.2, 0.25) is 5.02 Å². The Balaban J connectivity index is 1.66. The molecule has 2 aromatic rings. The molecule has 1 aromatic heterocycles. The molecule has 12 heteroatoms. The first-order valence-electron chi connectivity index (χ1n) is 11.1. The van der Waals surface area contributed by atoms with Gasteiger partial charge in [0, 0.05) is 30.7 Å². The fraction of sp³-hybridized carbons (Fsp3) is 0.500. The Kier molecular flexibility index (Phi) is 6.99. The second-order valence-corrected chi connectivity index (χ2v) is 11.2. The molecule has 1 saturated carbocycles. The van der Waals surface area contributed by atoms with Crippen molar-refractivity contribution < 1.29 is 22.5 Å². The maximum atomic E-state index is 13.7. The molecule has 2 amide bonds. The van der Waals surface area contributed by atoms with Gasteiger partial charge in [0.05, 0.1) is 11.3 Å². The number of carbonyl (C=O) groups excluding carboxylic acids is 2. The van der Waals surface area contributed by atoms with Crippen molar-refractivity contribution in [3.63, 3.8) is 0 Å². The Hall–Kier alpha value is -2.47. The van der Waals surface area contributed by atoms with E-state index in [1.807, 2.05) is 0 Å². The second kappa shape index (κ2) is 9.65. The van der Waals surface area contributed by atoms with Crippen LogP contribution in [0.5, 0.6) is 0 Å². The van der Waals surface area contributed by atoms with E-state index in [4.69, 9.17) is 21.9 Å². The van der Waals surface area contributed by atoms with Gasteiger partial charge in [-0.15, -0.1) is 0 Å². The van der Waals surface area contributed by atoms with Crippen LogP contribution in [0.1, 0.15) is 41.8 Å². The van der Waals surface area contributed by atoms with E-state index in [1.165, 1.54) is 4.90 Å². The van der Waals surface area contributed by atoms with Crippen molar-refractivity contribution in [1.82, 2.24) is 19.7 Å². The number of nitrogens with one attached hydrogen (secondary N) is 1. The summed E-state index contributed by atoms with van der Waals surface area (Å²) in [5.41, 5.74) is 6.84. The molecule has 184 valence electrons. The summed E-state index contributed by atoms with van der Waals surface area (Å²) in [4.78, 5) is 28.3. The van der Waals surface area contributed by atoms with Crippen molar-refractivity contribution in [2.45, 2.75) is 50.9 Å². The first kappa shape index (κ1) is 24.6. The average Bonchev–Trinajstić information content (AvgIpc) is 3.39. The molecule has 3 N–H and O–H groups in total. The predicted molar refractivity (Wildman–Crippen MR) is 126 cm³/mol. The van der Waals surface area contributed by atoms with Crippen molar-refractivity contribution >= 4 is 33.4 Å². The molecule has 2 fully saturated rings. The van der Waals surface area contributed by atoms with Crippen LogP contribution in [0, 0.1) is 6.92 Å². The number of halogens is 1. The summed E-state index contributed by atoms with van der Waals surface area (Å²) in [5, 5.41) is 7.34. The lowest BCUT2D eigenvalue weighted by atomic mass is 9.92. The Bertz CT molecular complexity index is 1190. The van der Waals surface area contributed by atoms with Crippen LogP contribution >= 0.6 is 11.6 Å². The molecule has 0 bridgehead atoms. The Labute approximate surface area is 203 Å². The first-order valence-corrected chi connectivity index (χ1v) is 13.4. The maximum absolute atomic E-state index is 13.7. The summed E-state index contributed by atoms with van der Waals surface area (Å²) in [6, 6.07) is 6.87. The monoisotopic (exact) mass is 509 g/mol. The normalized spacial score (nSPS) is 23.8. The highest BCUT2D eigenvalue weighted by molar-refractivity contribution is 7.88. The molecular formula is C22H28ClN5O5S. The van der Waals surface area contributed by atoms with Gasteiger partial charge in [-0.1, -0.05) is 35.0 Å². The lowest BCUT2D eigenvalue weighted by molar-refractivity contribution is -0.128. The quantitative estimate of drug-likeness (QED) is 0.625. The highest BCUT2D eigenvalue weighted by Crippen LogP contribution is 2.33. The molecule has 10 nitrogen and oxygen atoms in total. The standard InChI is InChI=1S/C22H28ClN5O5S/c1-13-18(19(26-33-13)16-5-3-4-6-17(16)23)22(30)27-11-12-28(34(2,31)32)21(27)20(29)25-15-9-7-14(24)8-10-15/h3-6,14-15,21H,7-12,24H2,1-2H3,(H,25,29). The highest BCUT2D eigenvalue weighted by atomic mass is 35.5. The molecule has 1 aliphatic heterocycles. The summed E-state index contributed by atoms with van der Waals surface area (Å²) in [7, 11) is -3.76. The highest BCUT2D eigenvalue weighted by Gasteiger charge is 2.46. The van der Waals surface area contributed by atoms with E-state index in [0.717, 1.165) is 23.4 Å². The third kappa shape index (κ3) is 4.83. The topological polar surface area (TPSA) is 139 Å².